The average molecular weight is 580 g/mol. The Bertz CT molecular complexity index is 1470. The van der Waals surface area contributed by atoms with Crippen molar-refractivity contribution in [1.29, 1.82) is 0 Å². The number of alkyl halides is 2. The van der Waals surface area contributed by atoms with Crippen LogP contribution in [0.5, 0.6) is 0 Å². The van der Waals surface area contributed by atoms with Gasteiger partial charge in [-0.3, -0.25) is 4.55 Å². The summed E-state index contributed by atoms with van der Waals surface area (Å²) in [6.45, 7) is 0. The summed E-state index contributed by atoms with van der Waals surface area (Å²) in [5, 5.41) is -2.37. The van der Waals surface area contributed by atoms with Crippen molar-refractivity contribution in [2.45, 2.75) is 56.3 Å². The summed E-state index contributed by atoms with van der Waals surface area (Å²) in [4.78, 5) is 1.74. The summed E-state index contributed by atoms with van der Waals surface area (Å²) in [7, 11) is -9.57. The lowest BCUT2D eigenvalue weighted by molar-refractivity contribution is -0.0313. The zero-order chi connectivity index (χ0) is 27.3. The minimum atomic E-state index is -5.21. The van der Waals surface area contributed by atoms with Gasteiger partial charge in [-0.05, 0) is 61.6 Å². The Morgan fingerprint density at radius 3 is 1.87 bits per heavy atom. The van der Waals surface area contributed by atoms with Crippen LogP contribution >= 0.6 is 0 Å². The third-order valence-corrected chi connectivity index (χ3v) is 13.3. The molecular formula is C28H29F2O5S3+. The van der Waals surface area contributed by atoms with Crippen LogP contribution in [-0.4, -0.2) is 37.6 Å². The molecule has 202 valence electrons. The standard InChI is InChI=1S/C28H28F2O5S3/c1-37(31,32)24-14-12-21(13-15-24)28(29,30)26(38(33,34)35)25-18-20-16-17-27(25,19-20)36(22-8-4-2-5-9-22)23-10-6-3-7-11-23/h2-15,20,25-26H,16-19H2,1H3/p+1. The Hall–Kier alpha value is -2.27. The lowest BCUT2D eigenvalue weighted by atomic mass is 9.82. The summed E-state index contributed by atoms with van der Waals surface area (Å²) >= 11 is 0. The first-order valence-corrected chi connectivity index (χ1v) is 17.0. The Balaban J connectivity index is 1.66. The van der Waals surface area contributed by atoms with Crippen molar-refractivity contribution in [1.82, 2.24) is 0 Å². The van der Waals surface area contributed by atoms with Gasteiger partial charge in [0.1, 0.15) is 4.75 Å². The van der Waals surface area contributed by atoms with E-state index in [0.29, 0.717) is 12.8 Å². The van der Waals surface area contributed by atoms with E-state index < -0.39 is 58.3 Å². The van der Waals surface area contributed by atoms with Crippen molar-refractivity contribution in [2.24, 2.45) is 11.8 Å². The fraction of sp³-hybridized carbons (Fsp3) is 0.357. The van der Waals surface area contributed by atoms with Crippen molar-refractivity contribution in [2.75, 3.05) is 6.26 Å². The molecule has 4 unspecified atom stereocenters. The molecule has 4 atom stereocenters. The Labute approximate surface area is 225 Å². The van der Waals surface area contributed by atoms with E-state index in [9.17, 15) is 21.4 Å². The quantitative estimate of drug-likeness (QED) is 0.272. The van der Waals surface area contributed by atoms with Crippen LogP contribution in [0, 0.1) is 11.8 Å². The molecule has 2 aliphatic rings. The summed E-state index contributed by atoms with van der Waals surface area (Å²) in [6, 6.07) is 23.2. The van der Waals surface area contributed by atoms with Crippen LogP contribution in [0.15, 0.2) is 99.6 Å². The molecule has 0 aromatic heterocycles. The number of hydrogen-bond acceptors (Lipinski definition) is 4. The van der Waals surface area contributed by atoms with E-state index >= 15 is 8.78 Å². The highest BCUT2D eigenvalue weighted by Crippen LogP contribution is 2.63. The van der Waals surface area contributed by atoms with Gasteiger partial charge in [-0.1, -0.05) is 48.5 Å². The molecule has 0 aliphatic heterocycles. The van der Waals surface area contributed by atoms with E-state index in [4.69, 9.17) is 0 Å². The summed E-state index contributed by atoms with van der Waals surface area (Å²) in [6.07, 6.45) is 3.22. The molecule has 1 N–H and O–H groups in total. The molecule has 0 amide bonds. The molecule has 2 aliphatic carbocycles. The Morgan fingerprint density at radius 2 is 1.42 bits per heavy atom. The van der Waals surface area contributed by atoms with Crippen molar-refractivity contribution in [3.63, 3.8) is 0 Å². The van der Waals surface area contributed by atoms with Gasteiger partial charge in [0.15, 0.2) is 24.9 Å². The van der Waals surface area contributed by atoms with Crippen molar-refractivity contribution >= 4 is 30.9 Å². The third kappa shape index (κ3) is 4.80. The summed E-state index contributed by atoms with van der Waals surface area (Å²) in [5.41, 5.74) is -0.634. The lowest BCUT2D eigenvalue weighted by Gasteiger charge is -2.40. The molecule has 5 rings (SSSR count). The predicted molar refractivity (Wildman–Crippen MR) is 144 cm³/mol. The van der Waals surface area contributed by atoms with E-state index in [1.807, 2.05) is 60.7 Å². The average Bonchev–Trinajstić information content (AvgIpc) is 3.43. The van der Waals surface area contributed by atoms with Crippen molar-refractivity contribution < 1.29 is 30.2 Å². The lowest BCUT2D eigenvalue weighted by Crippen LogP contribution is -2.54. The third-order valence-electron chi connectivity index (χ3n) is 7.95. The first-order valence-electron chi connectivity index (χ1n) is 12.3. The minimum Gasteiger partial charge on any atom is -0.285 e. The van der Waals surface area contributed by atoms with Gasteiger partial charge in [-0.25, -0.2) is 8.42 Å². The normalized spacial score (nSPS) is 24.6. The van der Waals surface area contributed by atoms with E-state index in [1.165, 1.54) is 0 Å². The zero-order valence-electron chi connectivity index (χ0n) is 20.7. The van der Waals surface area contributed by atoms with E-state index in [-0.39, 0.29) is 17.2 Å². The van der Waals surface area contributed by atoms with Gasteiger partial charge >= 0.3 is 0 Å². The largest absolute Gasteiger partial charge is 0.292 e. The molecule has 2 saturated carbocycles. The molecule has 10 heteroatoms. The number of sulfone groups is 1. The second kappa shape index (κ2) is 9.73. The van der Waals surface area contributed by atoms with E-state index in [2.05, 4.69) is 0 Å². The van der Waals surface area contributed by atoms with Gasteiger partial charge in [-0.2, -0.15) is 17.2 Å². The van der Waals surface area contributed by atoms with Crippen LogP contribution in [0.3, 0.4) is 0 Å². The number of fused-ring (bicyclic) bond motifs is 2. The van der Waals surface area contributed by atoms with Gasteiger partial charge < -0.3 is 0 Å². The molecule has 3 aromatic carbocycles. The molecule has 2 bridgehead atoms. The van der Waals surface area contributed by atoms with Crippen LogP contribution in [0.2, 0.25) is 0 Å². The fourth-order valence-corrected chi connectivity index (χ4v) is 11.8. The van der Waals surface area contributed by atoms with Gasteiger partial charge in [0.05, 0.1) is 15.8 Å². The molecule has 2 fully saturated rings. The molecule has 3 aromatic rings. The highest BCUT2D eigenvalue weighted by molar-refractivity contribution is 7.98. The molecule has 5 nitrogen and oxygen atoms in total. The first kappa shape index (κ1) is 27.3. The number of rotatable bonds is 8. The Kier molecular flexibility index (Phi) is 6.99. The van der Waals surface area contributed by atoms with E-state index in [1.54, 1.807) is 0 Å². The predicted octanol–water partition coefficient (Wildman–Crippen LogP) is 5.73. The fourth-order valence-electron chi connectivity index (χ4n) is 6.44. The first-order chi connectivity index (χ1) is 17.8. The molecule has 0 radical (unpaired) electrons. The maximum atomic E-state index is 16.3. The molecular weight excluding hydrogens is 551 g/mol. The van der Waals surface area contributed by atoms with Crippen molar-refractivity contribution in [3.05, 3.63) is 90.5 Å². The zero-order valence-corrected chi connectivity index (χ0v) is 23.2. The molecule has 38 heavy (non-hydrogen) atoms. The van der Waals surface area contributed by atoms with Gasteiger partial charge in [0, 0.05) is 24.2 Å². The summed E-state index contributed by atoms with van der Waals surface area (Å²) in [5.74, 6) is -4.88. The monoisotopic (exact) mass is 579 g/mol. The molecule has 0 spiro atoms. The minimum absolute atomic E-state index is 0.0788. The SMILES string of the molecule is CS(=O)(=O)c1ccc(C(F)(F)C(C2CC3CCC2([S+](c2ccccc2)c2ccccc2)C3)S(=O)(=O)O)cc1. The maximum Gasteiger partial charge on any atom is 0.292 e. The second-order valence-corrected chi connectivity index (χ2v) is 16.2. The van der Waals surface area contributed by atoms with Gasteiger partial charge in [0.2, 0.25) is 0 Å². The smallest absolute Gasteiger partial charge is 0.285 e. The number of hydrogen-bond donors (Lipinski definition) is 1. The van der Waals surface area contributed by atoms with Gasteiger partial charge in [-0.15, -0.1) is 0 Å². The number of halogens is 2. The van der Waals surface area contributed by atoms with E-state index in [0.717, 1.165) is 46.7 Å². The highest BCUT2D eigenvalue weighted by Gasteiger charge is 2.71. The van der Waals surface area contributed by atoms with Crippen molar-refractivity contribution in [3.8, 4) is 0 Å². The van der Waals surface area contributed by atoms with Crippen LogP contribution in [0.25, 0.3) is 0 Å². The van der Waals surface area contributed by atoms with Crippen LogP contribution in [-0.2, 0) is 36.8 Å². The molecule has 0 saturated heterocycles. The second-order valence-electron chi connectivity index (χ2n) is 10.3. The summed E-state index contributed by atoms with van der Waals surface area (Å²) < 4.78 is 91.6. The van der Waals surface area contributed by atoms with Crippen LogP contribution in [0.4, 0.5) is 8.78 Å². The molecule has 0 heterocycles. The number of benzene rings is 3. The van der Waals surface area contributed by atoms with Gasteiger partial charge in [0.25, 0.3) is 16.0 Å². The Morgan fingerprint density at radius 1 is 0.895 bits per heavy atom. The maximum absolute atomic E-state index is 16.3. The van der Waals surface area contributed by atoms with Crippen LogP contribution < -0.4 is 0 Å². The highest BCUT2D eigenvalue weighted by atomic mass is 32.2. The van der Waals surface area contributed by atoms with Crippen LogP contribution in [0.1, 0.15) is 31.2 Å². The topological polar surface area (TPSA) is 88.5 Å².